The molecule has 1 aromatic carbocycles. The van der Waals surface area contributed by atoms with Gasteiger partial charge in [0.25, 0.3) is 0 Å². The minimum atomic E-state index is 0. The number of hydrazine groups is 1. The van der Waals surface area contributed by atoms with Gasteiger partial charge >= 0.3 is 0 Å². The molecule has 17 heavy (non-hydrogen) atoms. The second kappa shape index (κ2) is 4.69. The first-order valence-corrected chi connectivity index (χ1v) is 5.30. The Labute approximate surface area is 106 Å². The van der Waals surface area contributed by atoms with E-state index >= 15 is 0 Å². The summed E-state index contributed by atoms with van der Waals surface area (Å²) in [5.41, 5.74) is 7.26. The zero-order valence-electron chi connectivity index (χ0n) is 9.18. The molecule has 1 aromatic heterocycles. The van der Waals surface area contributed by atoms with Crippen molar-refractivity contribution in [3.8, 4) is 11.3 Å². The number of hydrogen-bond donors (Lipinski definition) is 2. The number of benzene rings is 1. The van der Waals surface area contributed by atoms with Crippen LogP contribution in [0, 0.1) is 0 Å². The Balaban J connectivity index is 0.00000108. The van der Waals surface area contributed by atoms with Crippen molar-refractivity contribution in [1.29, 1.82) is 0 Å². The molecule has 0 radical (unpaired) electrons. The Morgan fingerprint density at radius 3 is 2.65 bits per heavy atom. The van der Waals surface area contributed by atoms with Crippen molar-refractivity contribution in [1.82, 2.24) is 10.2 Å². The summed E-state index contributed by atoms with van der Waals surface area (Å²) in [5.74, 6) is 5.95. The van der Waals surface area contributed by atoms with E-state index < -0.39 is 0 Å². The quantitative estimate of drug-likeness (QED) is 0.598. The number of fused-ring (bicyclic) bond motifs is 3. The number of nitrogens with zero attached hydrogens (tertiary/aromatic N) is 2. The summed E-state index contributed by atoms with van der Waals surface area (Å²) in [4.78, 5) is 0. The molecule has 0 saturated heterocycles. The summed E-state index contributed by atoms with van der Waals surface area (Å²) < 4.78 is 0. The molecule has 1 heterocycles. The Morgan fingerprint density at radius 2 is 1.82 bits per heavy atom. The maximum atomic E-state index is 5.33. The molecule has 4 nitrogen and oxygen atoms in total. The van der Waals surface area contributed by atoms with Crippen molar-refractivity contribution in [2.75, 3.05) is 5.43 Å². The SMILES string of the molecule is Cl.NNc1cc2c(nn1)-c1ccccc1CC2. The van der Waals surface area contributed by atoms with Crippen LogP contribution < -0.4 is 11.3 Å². The van der Waals surface area contributed by atoms with Crippen LogP contribution >= 0.6 is 12.4 Å². The molecule has 3 rings (SSSR count). The lowest BCUT2D eigenvalue weighted by molar-refractivity contribution is 0.896. The first-order valence-electron chi connectivity index (χ1n) is 5.30. The van der Waals surface area contributed by atoms with Crippen LogP contribution in [0.15, 0.2) is 30.3 Å². The van der Waals surface area contributed by atoms with Gasteiger partial charge in [-0.1, -0.05) is 24.3 Å². The highest BCUT2D eigenvalue weighted by Gasteiger charge is 2.17. The Morgan fingerprint density at radius 1 is 1.06 bits per heavy atom. The van der Waals surface area contributed by atoms with E-state index in [1.807, 2.05) is 12.1 Å². The van der Waals surface area contributed by atoms with Gasteiger partial charge in [0.1, 0.15) is 0 Å². The largest absolute Gasteiger partial charge is 0.307 e. The van der Waals surface area contributed by atoms with Crippen LogP contribution in [0.3, 0.4) is 0 Å². The fraction of sp³-hybridized carbons (Fsp3) is 0.167. The van der Waals surface area contributed by atoms with E-state index in [1.165, 1.54) is 16.7 Å². The van der Waals surface area contributed by atoms with Gasteiger partial charge in [-0.25, -0.2) is 5.84 Å². The monoisotopic (exact) mass is 248 g/mol. The average molecular weight is 249 g/mol. The fourth-order valence-electron chi connectivity index (χ4n) is 2.16. The Kier molecular flexibility index (Phi) is 3.26. The molecule has 0 bridgehead atoms. The van der Waals surface area contributed by atoms with Gasteiger partial charge in [-0.3, -0.25) is 0 Å². The molecule has 2 aromatic rings. The lowest BCUT2D eigenvalue weighted by Crippen LogP contribution is -2.12. The van der Waals surface area contributed by atoms with Gasteiger partial charge in [0.05, 0.1) is 5.69 Å². The normalized spacial score (nSPS) is 12.1. The number of nitrogens with one attached hydrogen (secondary N) is 1. The van der Waals surface area contributed by atoms with Gasteiger partial charge in [-0.2, -0.15) is 0 Å². The lowest BCUT2D eigenvalue weighted by atomic mass is 9.89. The summed E-state index contributed by atoms with van der Waals surface area (Å²) in [6, 6.07) is 10.3. The van der Waals surface area contributed by atoms with E-state index in [1.54, 1.807) is 0 Å². The van der Waals surface area contributed by atoms with Gasteiger partial charge in [-0.05, 0) is 30.0 Å². The first kappa shape index (κ1) is 11.8. The number of nitrogen functional groups attached to an aromatic ring is 1. The van der Waals surface area contributed by atoms with E-state index in [2.05, 4.69) is 33.8 Å². The van der Waals surface area contributed by atoms with E-state index in [-0.39, 0.29) is 12.4 Å². The maximum absolute atomic E-state index is 5.33. The molecule has 0 aliphatic heterocycles. The van der Waals surface area contributed by atoms with Crippen LogP contribution in [0.5, 0.6) is 0 Å². The molecule has 0 spiro atoms. The second-order valence-corrected chi connectivity index (χ2v) is 3.90. The minimum absolute atomic E-state index is 0. The summed E-state index contributed by atoms with van der Waals surface area (Å²) >= 11 is 0. The van der Waals surface area contributed by atoms with Crippen molar-refractivity contribution >= 4 is 18.2 Å². The number of hydrogen-bond acceptors (Lipinski definition) is 4. The molecule has 0 amide bonds. The van der Waals surface area contributed by atoms with Crippen LogP contribution in [-0.2, 0) is 12.8 Å². The van der Waals surface area contributed by atoms with Crippen molar-refractivity contribution in [3.05, 3.63) is 41.5 Å². The molecular weight excluding hydrogens is 236 g/mol. The molecule has 0 fully saturated rings. The molecule has 1 aliphatic rings. The maximum Gasteiger partial charge on any atom is 0.162 e. The third-order valence-corrected chi connectivity index (χ3v) is 2.96. The topological polar surface area (TPSA) is 63.8 Å². The smallest absolute Gasteiger partial charge is 0.162 e. The minimum Gasteiger partial charge on any atom is -0.307 e. The number of nitrogens with two attached hydrogens (primary N) is 1. The molecule has 5 heteroatoms. The van der Waals surface area contributed by atoms with Crippen LogP contribution in [0.25, 0.3) is 11.3 Å². The Hall–Kier alpha value is -1.65. The van der Waals surface area contributed by atoms with E-state index in [4.69, 9.17) is 5.84 Å². The predicted molar refractivity (Wildman–Crippen MR) is 69.9 cm³/mol. The lowest BCUT2D eigenvalue weighted by Gasteiger charge is -2.18. The zero-order valence-corrected chi connectivity index (χ0v) is 10.00. The molecule has 0 atom stereocenters. The third kappa shape index (κ3) is 1.97. The highest BCUT2D eigenvalue weighted by Crippen LogP contribution is 2.31. The van der Waals surface area contributed by atoms with E-state index in [9.17, 15) is 0 Å². The van der Waals surface area contributed by atoms with Gasteiger partial charge in [0.2, 0.25) is 0 Å². The predicted octanol–water partition coefficient (Wildman–Crippen LogP) is 1.95. The summed E-state index contributed by atoms with van der Waals surface area (Å²) in [6.45, 7) is 0. The van der Waals surface area contributed by atoms with Gasteiger partial charge in [0, 0.05) is 5.56 Å². The molecular formula is C12H13ClN4. The molecule has 1 aliphatic carbocycles. The van der Waals surface area contributed by atoms with Crippen molar-refractivity contribution < 1.29 is 0 Å². The average Bonchev–Trinajstić information content (AvgIpc) is 2.38. The summed E-state index contributed by atoms with van der Waals surface area (Å²) in [7, 11) is 0. The van der Waals surface area contributed by atoms with Crippen molar-refractivity contribution in [2.45, 2.75) is 12.8 Å². The first-order chi connectivity index (χ1) is 7.88. The number of anilines is 1. The van der Waals surface area contributed by atoms with Crippen LogP contribution in [-0.4, -0.2) is 10.2 Å². The number of halogens is 1. The third-order valence-electron chi connectivity index (χ3n) is 2.96. The Bertz CT molecular complexity index is 542. The van der Waals surface area contributed by atoms with Crippen LogP contribution in [0.1, 0.15) is 11.1 Å². The number of rotatable bonds is 1. The summed E-state index contributed by atoms with van der Waals surface area (Å²) in [5, 5.41) is 8.26. The molecule has 3 N–H and O–H groups in total. The highest BCUT2D eigenvalue weighted by atomic mass is 35.5. The molecule has 88 valence electrons. The van der Waals surface area contributed by atoms with Gasteiger partial charge < -0.3 is 5.43 Å². The van der Waals surface area contributed by atoms with Gasteiger partial charge in [0.15, 0.2) is 5.82 Å². The van der Waals surface area contributed by atoms with Crippen LogP contribution in [0.4, 0.5) is 5.82 Å². The standard InChI is InChI=1S/C12H12N4.ClH/c13-14-11-7-9-6-5-8-3-1-2-4-10(8)12(9)16-15-11;/h1-4,7H,5-6,13H2,(H,14,15);1H. The van der Waals surface area contributed by atoms with Gasteiger partial charge in [-0.15, -0.1) is 22.6 Å². The number of aryl methyl sites for hydroxylation is 2. The fourth-order valence-corrected chi connectivity index (χ4v) is 2.16. The molecule has 0 unspecified atom stereocenters. The molecule has 0 saturated carbocycles. The second-order valence-electron chi connectivity index (χ2n) is 3.90. The summed E-state index contributed by atoms with van der Waals surface area (Å²) in [6.07, 6.45) is 2.05. The van der Waals surface area contributed by atoms with Crippen LogP contribution in [0.2, 0.25) is 0 Å². The van der Waals surface area contributed by atoms with Crippen molar-refractivity contribution in [2.24, 2.45) is 5.84 Å². The van der Waals surface area contributed by atoms with Crippen molar-refractivity contribution in [3.63, 3.8) is 0 Å². The zero-order chi connectivity index (χ0) is 11.0. The number of aromatic nitrogens is 2. The van der Waals surface area contributed by atoms with E-state index in [0.717, 1.165) is 18.5 Å². The highest BCUT2D eigenvalue weighted by molar-refractivity contribution is 5.85. The van der Waals surface area contributed by atoms with E-state index in [0.29, 0.717) is 5.82 Å².